The Morgan fingerprint density at radius 2 is 1.79 bits per heavy atom. The monoisotopic (exact) mass is 348 g/mol. The zero-order chi connectivity index (χ0) is 16.8. The molecule has 0 saturated carbocycles. The van der Waals surface area contributed by atoms with Crippen LogP contribution in [0.2, 0.25) is 0 Å². The molecule has 1 aliphatic heterocycles. The summed E-state index contributed by atoms with van der Waals surface area (Å²) >= 11 is 0. The predicted molar refractivity (Wildman–Crippen MR) is 90.1 cm³/mol. The van der Waals surface area contributed by atoms with Crippen LogP contribution in [0, 0.1) is 0 Å². The van der Waals surface area contributed by atoms with Crippen molar-refractivity contribution in [1.82, 2.24) is 24.6 Å². The molecule has 3 rings (SSSR count). The van der Waals surface area contributed by atoms with Crippen molar-refractivity contribution < 1.29 is 8.42 Å². The van der Waals surface area contributed by atoms with Crippen molar-refractivity contribution in [3.8, 4) is 0 Å². The van der Waals surface area contributed by atoms with E-state index in [-0.39, 0.29) is 4.90 Å². The molecule has 2 aromatic rings. The van der Waals surface area contributed by atoms with Gasteiger partial charge in [0, 0.05) is 64.1 Å². The highest BCUT2D eigenvalue weighted by molar-refractivity contribution is 7.89. The Balaban J connectivity index is 1.44. The van der Waals surface area contributed by atoms with Gasteiger partial charge in [0.1, 0.15) is 4.90 Å². The van der Waals surface area contributed by atoms with Gasteiger partial charge in [-0.2, -0.15) is 0 Å². The Hall–Kier alpha value is -2.10. The van der Waals surface area contributed by atoms with E-state index in [1.165, 1.54) is 12.3 Å². The van der Waals surface area contributed by atoms with Crippen LogP contribution in [0.5, 0.6) is 0 Å². The zero-order valence-corrected chi connectivity index (χ0v) is 14.1. The minimum absolute atomic E-state index is 0.191. The number of aromatic nitrogens is 3. The minimum Gasteiger partial charge on any atom is -0.338 e. The van der Waals surface area contributed by atoms with E-state index in [2.05, 4.69) is 29.5 Å². The summed E-state index contributed by atoms with van der Waals surface area (Å²) in [7, 11) is -3.48. The third-order valence-corrected chi connectivity index (χ3v) is 5.32. The van der Waals surface area contributed by atoms with Crippen LogP contribution in [0.25, 0.3) is 0 Å². The molecule has 1 N–H and O–H groups in total. The number of piperazine rings is 1. The van der Waals surface area contributed by atoms with Crippen LogP contribution >= 0.6 is 0 Å². The number of sulfonamides is 1. The van der Waals surface area contributed by atoms with Gasteiger partial charge in [0.25, 0.3) is 0 Å². The van der Waals surface area contributed by atoms with E-state index in [1.54, 1.807) is 30.7 Å². The SMILES string of the molecule is O=S(=O)(NCCN1CCN(c2ncccn2)CC1)c1cccnc1. The molecule has 1 saturated heterocycles. The van der Waals surface area contributed by atoms with Crippen molar-refractivity contribution in [1.29, 1.82) is 0 Å². The molecular weight excluding hydrogens is 328 g/mol. The Bertz CT molecular complexity index is 733. The van der Waals surface area contributed by atoms with Gasteiger partial charge in [0.05, 0.1) is 0 Å². The van der Waals surface area contributed by atoms with Crippen molar-refractivity contribution in [2.45, 2.75) is 4.90 Å². The molecule has 1 aliphatic rings. The molecule has 0 radical (unpaired) electrons. The van der Waals surface area contributed by atoms with Gasteiger partial charge in [-0.15, -0.1) is 0 Å². The quantitative estimate of drug-likeness (QED) is 0.784. The molecule has 3 heterocycles. The van der Waals surface area contributed by atoms with Gasteiger partial charge in [-0.05, 0) is 18.2 Å². The second kappa shape index (κ2) is 7.65. The summed E-state index contributed by atoms with van der Waals surface area (Å²) in [4.78, 5) is 16.9. The van der Waals surface area contributed by atoms with E-state index in [9.17, 15) is 8.42 Å². The van der Waals surface area contributed by atoms with Gasteiger partial charge < -0.3 is 4.90 Å². The highest BCUT2D eigenvalue weighted by atomic mass is 32.2. The zero-order valence-electron chi connectivity index (χ0n) is 13.2. The molecule has 0 bridgehead atoms. The number of hydrogen-bond acceptors (Lipinski definition) is 7. The van der Waals surface area contributed by atoms with Crippen molar-refractivity contribution in [2.75, 3.05) is 44.2 Å². The Morgan fingerprint density at radius 1 is 1.04 bits per heavy atom. The van der Waals surface area contributed by atoms with E-state index < -0.39 is 10.0 Å². The second-order valence-corrected chi connectivity index (χ2v) is 7.23. The van der Waals surface area contributed by atoms with Crippen molar-refractivity contribution in [3.63, 3.8) is 0 Å². The van der Waals surface area contributed by atoms with Crippen LogP contribution in [0.3, 0.4) is 0 Å². The van der Waals surface area contributed by atoms with E-state index in [0.29, 0.717) is 13.1 Å². The third kappa shape index (κ3) is 4.25. The third-order valence-electron chi connectivity index (χ3n) is 3.87. The molecule has 0 unspecified atom stereocenters. The van der Waals surface area contributed by atoms with Crippen molar-refractivity contribution >= 4 is 16.0 Å². The minimum atomic E-state index is -3.48. The first-order valence-corrected chi connectivity index (χ1v) is 9.27. The number of nitrogens with one attached hydrogen (secondary N) is 1. The molecule has 2 aromatic heterocycles. The summed E-state index contributed by atoms with van der Waals surface area (Å²) < 4.78 is 26.9. The first kappa shape index (κ1) is 16.7. The standard InChI is InChI=1S/C15H20N6O2S/c22-24(23,14-3-1-4-16-13-14)19-7-8-20-9-11-21(12-10-20)15-17-5-2-6-18-15/h1-6,13,19H,7-12H2. The van der Waals surface area contributed by atoms with Gasteiger partial charge >= 0.3 is 0 Å². The normalized spacial score (nSPS) is 16.2. The molecule has 24 heavy (non-hydrogen) atoms. The number of pyridine rings is 1. The van der Waals surface area contributed by atoms with Crippen molar-refractivity contribution in [2.24, 2.45) is 0 Å². The first-order chi connectivity index (χ1) is 11.6. The maximum absolute atomic E-state index is 12.1. The summed E-state index contributed by atoms with van der Waals surface area (Å²) in [5, 5.41) is 0. The van der Waals surface area contributed by atoms with Gasteiger partial charge in [0.15, 0.2) is 0 Å². The number of anilines is 1. The fourth-order valence-electron chi connectivity index (χ4n) is 2.55. The van der Waals surface area contributed by atoms with Crippen LogP contribution in [0.4, 0.5) is 5.95 Å². The van der Waals surface area contributed by atoms with Crippen LogP contribution in [0.1, 0.15) is 0 Å². The van der Waals surface area contributed by atoms with Gasteiger partial charge in [0.2, 0.25) is 16.0 Å². The number of hydrogen-bond donors (Lipinski definition) is 1. The van der Waals surface area contributed by atoms with Crippen LogP contribution in [0.15, 0.2) is 47.9 Å². The lowest BCUT2D eigenvalue weighted by Crippen LogP contribution is -2.48. The highest BCUT2D eigenvalue weighted by Crippen LogP contribution is 2.09. The predicted octanol–water partition coefficient (Wildman–Crippen LogP) is -0.0279. The fourth-order valence-corrected chi connectivity index (χ4v) is 3.54. The lowest BCUT2D eigenvalue weighted by atomic mass is 10.3. The second-order valence-electron chi connectivity index (χ2n) is 5.46. The maximum atomic E-state index is 12.1. The van der Waals surface area contributed by atoms with Gasteiger partial charge in [-0.1, -0.05) is 0 Å². The Kier molecular flexibility index (Phi) is 5.34. The average molecular weight is 348 g/mol. The van der Waals surface area contributed by atoms with Gasteiger partial charge in [-0.3, -0.25) is 9.88 Å². The fraction of sp³-hybridized carbons (Fsp3) is 0.400. The Morgan fingerprint density at radius 3 is 2.46 bits per heavy atom. The molecule has 8 nitrogen and oxygen atoms in total. The van der Waals surface area contributed by atoms with Crippen LogP contribution < -0.4 is 9.62 Å². The summed E-state index contributed by atoms with van der Waals surface area (Å²) in [6, 6.07) is 4.95. The number of rotatable bonds is 6. The summed E-state index contributed by atoms with van der Waals surface area (Å²) in [6.07, 6.45) is 6.37. The summed E-state index contributed by atoms with van der Waals surface area (Å²) in [5.41, 5.74) is 0. The average Bonchev–Trinajstić information content (AvgIpc) is 2.64. The lowest BCUT2D eigenvalue weighted by molar-refractivity contribution is 0.261. The van der Waals surface area contributed by atoms with Gasteiger partial charge in [-0.25, -0.2) is 23.1 Å². The first-order valence-electron chi connectivity index (χ1n) is 7.79. The van der Waals surface area contributed by atoms with E-state index in [4.69, 9.17) is 0 Å². The Labute approximate surface area is 141 Å². The molecule has 0 spiro atoms. The molecule has 0 amide bonds. The molecule has 128 valence electrons. The topological polar surface area (TPSA) is 91.3 Å². The lowest BCUT2D eigenvalue weighted by Gasteiger charge is -2.34. The molecule has 9 heteroatoms. The van der Waals surface area contributed by atoms with E-state index in [0.717, 1.165) is 32.1 Å². The number of nitrogens with zero attached hydrogens (tertiary/aromatic N) is 5. The molecule has 1 fully saturated rings. The molecule has 0 atom stereocenters. The summed E-state index contributed by atoms with van der Waals surface area (Å²) in [6.45, 7) is 4.42. The highest BCUT2D eigenvalue weighted by Gasteiger charge is 2.19. The largest absolute Gasteiger partial charge is 0.338 e. The van der Waals surface area contributed by atoms with Crippen LogP contribution in [-0.2, 0) is 10.0 Å². The maximum Gasteiger partial charge on any atom is 0.242 e. The van der Waals surface area contributed by atoms with Crippen LogP contribution in [-0.4, -0.2) is 67.5 Å². The smallest absolute Gasteiger partial charge is 0.242 e. The van der Waals surface area contributed by atoms with Crippen molar-refractivity contribution in [3.05, 3.63) is 43.0 Å². The summed E-state index contributed by atoms with van der Waals surface area (Å²) in [5.74, 6) is 0.745. The molecular formula is C15H20N6O2S. The van der Waals surface area contributed by atoms with E-state index in [1.807, 2.05) is 0 Å². The van der Waals surface area contributed by atoms with E-state index >= 15 is 0 Å². The molecule has 0 aliphatic carbocycles. The molecule has 0 aromatic carbocycles.